The first-order valence-corrected chi connectivity index (χ1v) is 9.08. The van der Waals surface area contributed by atoms with Gasteiger partial charge in [-0.05, 0) is 22.8 Å². The summed E-state index contributed by atoms with van der Waals surface area (Å²) in [5.74, 6) is -2.95. The second kappa shape index (κ2) is 12.7. The highest BCUT2D eigenvalue weighted by molar-refractivity contribution is 5.90. The van der Waals surface area contributed by atoms with E-state index in [9.17, 15) is 24.3 Å². The topological polar surface area (TPSA) is 116 Å². The monoisotopic (exact) mass is 416 g/mol. The maximum Gasteiger partial charge on any atom is 0.335 e. The van der Waals surface area contributed by atoms with Gasteiger partial charge in [0.2, 0.25) is 0 Å². The Kier molecular flexibility index (Phi) is 10.3. The van der Waals surface area contributed by atoms with Crippen molar-refractivity contribution in [2.24, 2.45) is 0 Å². The summed E-state index contributed by atoms with van der Waals surface area (Å²) in [6.07, 6.45) is 3.74. The van der Waals surface area contributed by atoms with E-state index >= 15 is 0 Å². The Labute approximate surface area is 174 Å². The van der Waals surface area contributed by atoms with Gasteiger partial charge in [-0.1, -0.05) is 25.8 Å². The van der Waals surface area contributed by atoms with Crippen LogP contribution in [0.3, 0.4) is 0 Å². The molecule has 0 saturated heterocycles. The lowest BCUT2D eigenvalue weighted by Gasteiger charge is -2.18. The fourth-order valence-electron chi connectivity index (χ4n) is 2.72. The van der Waals surface area contributed by atoms with Gasteiger partial charge in [-0.2, -0.15) is 0 Å². The summed E-state index contributed by atoms with van der Waals surface area (Å²) < 4.78 is 15.0. The Balaban J connectivity index is 3.19. The molecule has 0 spiro atoms. The minimum atomic E-state index is -1.14. The van der Waals surface area contributed by atoms with Crippen molar-refractivity contribution in [3.63, 3.8) is 0 Å². The molecule has 0 fully saturated rings. The zero-order chi connectivity index (χ0) is 22.5. The molecular weight excluding hydrogens is 392 g/mol. The third-order valence-corrected chi connectivity index (χ3v) is 4.07. The third-order valence-electron chi connectivity index (χ3n) is 4.07. The number of carboxylic acids is 1. The van der Waals surface area contributed by atoms with Crippen molar-refractivity contribution < 1.29 is 38.5 Å². The Morgan fingerprint density at radius 3 is 1.60 bits per heavy atom. The van der Waals surface area contributed by atoms with E-state index in [1.54, 1.807) is 6.07 Å². The molecule has 8 heteroatoms. The molecule has 0 radical (unpaired) electrons. The molecule has 8 nitrogen and oxygen atoms in total. The third kappa shape index (κ3) is 7.75. The number of hydrogen-bond donors (Lipinski definition) is 1. The molecule has 0 aromatic heterocycles. The summed E-state index contributed by atoms with van der Waals surface area (Å²) in [4.78, 5) is 45.6. The van der Waals surface area contributed by atoms with Gasteiger partial charge < -0.3 is 19.3 Å². The second-order valence-corrected chi connectivity index (χ2v) is 5.90. The molecule has 0 atom stereocenters. The standard InChI is InChI=1S/C22H24O8/c1-4-19(23)28-12-9-15-7-8-18(22(26)27)17(11-14-30-21(25)6-3)16(15)10-13-29-20(24)5-2/h4-8H,1-3,9-14H2,(H,26,27). The van der Waals surface area contributed by atoms with Gasteiger partial charge in [-0.15, -0.1) is 0 Å². The number of benzene rings is 1. The second-order valence-electron chi connectivity index (χ2n) is 5.90. The van der Waals surface area contributed by atoms with E-state index in [2.05, 4.69) is 19.7 Å². The first kappa shape index (κ1) is 24.4. The summed E-state index contributed by atoms with van der Waals surface area (Å²) >= 11 is 0. The van der Waals surface area contributed by atoms with Crippen molar-refractivity contribution in [1.82, 2.24) is 0 Å². The van der Waals surface area contributed by atoms with Gasteiger partial charge in [-0.25, -0.2) is 19.2 Å². The van der Waals surface area contributed by atoms with Crippen LogP contribution < -0.4 is 0 Å². The largest absolute Gasteiger partial charge is 0.478 e. The van der Waals surface area contributed by atoms with Crippen LogP contribution >= 0.6 is 0 Å². The smallest absolute Gasteiger partial charge is 0.335 e. The van der Waals surface area contributed by atoms with E-state index in [4.69, 9.17) is 14.2 Å². The lowest BCUT2D eigenvalue weighted by molar-refractivity contribution is -0.138. The van der Waals surface area contributed by atoms with Gasteiger partial charge in [0, 0.05) is 37.5 Å². The van der Waals surface area contributed by atoms with Gasteiger partial charge in [-0.3, -0.25) is 0 Å². The molecule has 160 valence electrons. The van der Waals surface area contributed by atoms with Crippen molar-refractivity contribution in [3.8, 4) is 0 Å². The number of carbonyl (C=O) groups is 4. The zero-order valence-electron chi connectivity index (χ0n) is 16.6. The average molecular weight is 416 g/mol. The minimum Gasteiger partial charge on any atom is -0.478 e. The van der Waals surface area contributed by atoms with E-state index in [1.165, 1.54) is 6.07 Å². The van der Waals surface area contributed by atoms with Crippen molar-refractivity contribution in [1.29, 1.82) is 0 Å². The number of ether oxygens (including phenoxy) is 3. The number of esters is 3. The van der Waals surface area contributed by atoms with Gasteiger partial charge in [0.1, 0.15) is 0 Å². The number of carbonyl (C=O) groups excluding carboxylic acids is 3. The lowest BCUT2D eigenvalue weighted by atomic mass is 9.90. The van der Waals surface area contributed by atoms with Crippen molar-refractivity contribution in [3.05, 3.63) is 72.4 Å². The molecular formula is C22H24O8. The van der Waals surface area contributed by atoms with Crippen LogP contribution in [0.2, 0.25) is 0 Å². The summed E-state index contributed by atoms with van der Waals surface area (Å²) in [6.45, 7) is 9.95. The molecule has 0 unspecified atom stereocenters. The van der Waals surface area contributed by atoms with E-state index in [-0.39, 0.29) is 38.2 Å². The van der Waals surface area contributed by atoms with E-state index in [0.29, 0.717) is 17.5 Å². The van der Waals surface area contributed by atoms with Gasteiger partial charge in [0.15, 0.2) is 0 Å². The van der Waals surface area contributed by atoms with E-state index < -0.39 is 23.9 Å². The molecule has 0 saturated carbocycles. The fraction of sp³-hybridized carbons (Fsp3) is 0.273. The summed E-state index contributed by atoms with van der Waals surface area (Å²) in [6, 6.07) is 3.06. The number of rotatable bonds is 13. The molecule has 30 heavy (non-hydrogen) atoms. The van der Waals surface area contributed by atoms with Crippen LogP contribution in [0, 0.1) is 0 Å². The minimum absolute atomic E-state index is 0.00713. The molecule has 0 aliphatic carbocycles. The lowest BCUT2D eigenvalue weighted by Crippen LogP contribution is -2.16. The van der Waals surface area contributed by atoms with Crippen LogP contribution in [0.15, 0.2) is 50.1 Å². The molecule has 0 amide bonds. The van der Waals surface area contributed by atoms with Crippen LogP contribution in [0.25, 0.3) is 0 Å². The molecule has 0 aliphatic rings. The summed E-state index contributed by atoms with van der Waals surface area (Å²) in [5.41, 5.74) is 1.83. The normalized spacial score (nSPS) is 9.87. The Bertz CT molecular complexity index is 838. The molecule has 0 aliphatic heterocycles. The fourth-order valence-corrected chi connectivity index (χ4v) is 2.72. The Morgan fingerprint density at radius 2 is 1.17 bits per heavy atom. The number of aromatic carboxylic acids is 1. The summed E-state index contributed by atoms with van der Waals surface area (Å²) in [7, 11) is 0. The maximum absolute atomic E-state index is 11.7. The van der Waals surface area contributed by atoms with Crippen molar-refractivity contribution >= 4 is 23.9 Å². The highest BCUT2D eigenvalue weighted by Gasteiger charge is 2.18. The Hall–Kier alpha value is -3.68. The van der Waals surface area contributed by atoms with Crippen LogP contribution in [-0.4, -0.2) is 48.8 Å². The quantitative estimate of drug-likeness (QED) is 0.296. The zero-order valence-corrected chi connectivity index (χ0v) is 16.6. The van der Waals surface area contributed by atoms with Crippen LogP contribution in [0.5, 0.6) is 0 Å². The van der Waals surface area contributed by atoms with Crippen molar-refractivity contribution in [2.45, 2.75) is 19.3 Å². The molecule has 1 N–H and O–H groups in total. The summed E-state index contributed by atoms with van der Waals surface area (Å²) in [5, 5.41) is 9.57. The van der Waals surface area contributed by atoms with Crippen molar-refractivity contribution in [2.75, 3.05) is 19.8 Å². The first-order valence-electron chi connectivity index (χ1n) is 9.08. The molecule has 1 aromatic carbocycles. The molecule has 1 aromatic rings. The Morgan fingerprint density at radius 1 is 0.733 bits per heavy atom. The highest BCUT2D eigenvalue weighted by Crippen LogP contribution is 2.23. The highest BCUT2D eigenvalue weighted by atomic mass is 16.5. The molecule has 0 heterocycles. The van der Waals surface area contributed by atoms with E-state index in [1.807, 2.05) is 0 Å². The SMILES string of the molecule is C=CC(=O)OCCc1ccc(C(=O)O)c(CCOC(=O)C=C)c1CCOC(=O)C=C. The average Bonchev–Trinajstić information content (AvgIpc) is 2.74. The van der Waals surface area contributed by atoms with Gasteiger partial charge in [0.05, 0.1) is 25.4 Å². The van der Waals surface area contributed by atoms with E-state index in [0.717, 1.165) is 23.8 Å². The maximum atomic E-state index is 11.7. The number of carboxylic acid groups (broad SMARTS) is 1. The van der Waals surface area contributed by atoms with Gasteiger partial charge in [0.25, 0.3) is 0 Å². The number of hydrogen-bond acceptors (Lipinski definition) is 7. The van der Waals surface area contributed by atoms with Crippen LogP contribution in [0.1, 0.15) is 27.0 Å². The van der Waals surface area contributed by atoms with Crippen LogP contribution in [-0.2, 0) is 47.9 Å². The predicted octanol–water partition coefficient (Wildman–Crippen LogP) is 2.20. The predicted molar refractivity (Wildman–Crippen MR) is 108 cm³/mol. The first-order chi connectivity index (χ1) is 14.3. The van der Waals surface area contributed by atoms with Crippen LogP contribution in [0.4, 0.5) is 0 Å². The molecule has 0 bridgehead atoms. The van der Waals surface area contributed by atoms with Gasteiger partial charge >= 0.3 is 23.9 Å². The molecule has 1 rings (SSSR count).